The van der Waals surface area contributed by atoms with E-state index in [-0.39, 0.29) is 26.1 Å². The molecule has 2 heterocycles. The Hall–Kier alpha value is -1.86. The number of hydrogen-bond donors (Lipinski definition) is 0. The number of alkyl halides is 2. The zero-order valence-electron chi connectivity index (χ0n) is 14.1. The van der Waals surface area contributed by atoms with Gasteiger partial charge in [-0.05, 0) is 0 Å². The second-order valence-corrected chi connectivity index (χ2v) is 6.44. The van der Waals surface area contributed by atoms with Gasteiger partial charge in [-0.2, -0.15) is 9.78 Å². The monoisotopic (exact) mass is 362 g/mol. The fourth-order valence-electron chi connectivity index (χ4n) is 3.43. The van der Waals surface area contributed by atoms with Gasteiger partial charge in [0.05, 0.1) is 13.2 Å². The van der Waals surface area contributed by atoms with Crippen molar-refractivity contribution in [3.8, 4) is 0 Å². The molecule has 2 fully saturated rings. The molecular weight excluding hydrogens is 342 g/mol. The summed E-state index contributed by atoms with van der Waals surface area (Å²) >= 11 is 0. The van der Waals surface area contributed by atoms with Crippen molar-refractivity contribution in [2.24, 2.45) is 0 Å². The maximum absolute atomic E-state index is 14.8. The Bertz CT molecular complexity index is 666. The lowest BCUT2D eigenvalue weighted by molar-refractivity contribution is -0.516. The molecule has 0 N–H and O–H groups in total. The van der Waals surface area contributed by atoms with Gasteiger partial charge in [-0.15, -0.1) is 0 Å². The molecule has 0 unspecified atom stereocenters. The molecule has 2 aliphatic rings. The summed E-state index contributed by atoms with van der Waals surface area (Å²) < 4.78 is 40.8. The summed E-state index contributed by atoms with van der Waals surface area (Å²) in [5, 5.41) is 0. The Morgan fingerprint density at radius 1 is 0.692 bits per heavy atom. The quantitative estimate of drug-likeness (QED) is 0.591. The zero-order chi connectivity index (χ0) is 18.0. The van der Waals surface area contributed by atoms with E-state index in [1.54, 1.807) is 48.5 Å². The van der Waals surface area contributed by atoms with Crippen molar-refractivity contribution in [1.82, 2.24) is 0 Å². The molecule has 138 valence electrons. The third kappa shape index (κ3) is 2.83. The van der Waals surface area contributed by atoms with Crippen LogP contribution in [0.3, 0.4) is 0 Å². The molecule has 0 saturated carbocycles. The van der Waals surface area contributed by atoms with Crippen LogP contribution in [-0.4, -0.2) is 25.6 Å². The van der Waals surface area contributed by atoms with E-state index >= 15 is 0 Å². The van der Waals surface area contributed by atoms with E-state index in [2.05, 4.69) is 0 Å². The fraction of sp³-hybridized carbons (Fsp3) is 0.400. The maximum atomic E-state index is 14.8. The standard InChI is InChI=1S/C20H20F2O4/c21-17-11-13-23-19(17,15-7-3-1-4-8-15)25-26-20(18(22)12-14-24-20)16-9-5-2-6-10-16/h1-10,17-18H,11-14H2/t17-,18+,19+,20-. The molecule has 0 aliphatic carbocycles. The number of hydrogen-bond acceptors (Lipinski definition) is 4. The van der Waals surface area contributed by atoms with Crippen LogP contribution in [0.15, 0.2) is 60.7 Å². The largest absolute Gasteiger partial charge is 0.341 e. The lowest BCUT2D eigenvalue weighted by Gasteiger charge is -2.35. The van der Waals surface area contributed by atoms with Gasteiger partial charge in [-0.1, -0.05) is 60.7 Å². The molecule has 0 spiro atoms. The minimum atomic E-state index is -1.74. The molecule has 0 amide bonds. The van der Waals surface area contributed by atoms with Crippen LogP contribution in [0.4, 0.5) is 8.78 Å². The predicted octanol–water partition coefficient (Wildman–Crippen LogP) is 4.16. The maximum Gasteiger partial charge on any atom is 0.259 e. The average molecular weight is 362 g/mol. The molecule has 0 radical (unpaired) electrons. The molecular formula is C20H20F2O4. The second-order valence-electron chi connectivity index (χ2n) is 6.44. The first-order chi connectivity index (χ1) is 12.7. The van der Waals surface area contributed by atoms with Crippen LogP contribution in [-0.2, 0) is 30.8 Å². The number of ether oxygens (including phenoxy) is 2. The third-order valence-corrected chi connectivity index (χ3v) is 4.84. The van der Waals surface area contributed by atoms with Crippen molar-refractivity contribution in [1.29, 1.82) is 0 Å². The topological polar surface area (TPSA) is 36.9 Å². The Balaban J connectivity index is 1.66. The molecule has 4 nitrogen and oxygen atoms in total. The van der Waals surface area contributed by atoms with Crippen molar-refractivity contribution in [2.75, 3.05) is 13.2 Å². The Kier molecular flexibility index (Phi) is 4.75. The average Bonchev–Trinajstić information content (AvgIpc) is 3.25. The summed E-state index contributed by atoms with van der Waals surface area (Å²) in [5.74, 6) is -3.48. The van der Waals surface area contributed by atoms with Crippen molar-refractivity contribution >= 4 is 0 Å². The number of rotatable bonds is 5. The summed E-state index contributed by atoms with van der Waals surface area (Å²) in [7, 11) is 0. The van der Waals surface area contributed by atoms with Gasteiger partial charge < -0.3 is 9.47 Å². The third-order valence-electron chi connectivity index (χ3n) is 4.84. The second kappa shape index (κ2) is 7.04. The SMILES string of the molecule is F[C@@H]1CCO[C@]1(OO[C@@]1(c2ccccc2)OCC[C@@H]1F)c1ccccc1. The van der Waals surface area contributed by atoms with E-state index in [4.69, 9.17) is 19.2 Å². The van der Waals surface area contributed by atoms with Gasteiger partial charge in [-0.25, -0.2) is 8.78 Å². The van der Waals surface area contributed by atoms with E-state index in [0.717, 1.165) is 0 Å². The summed E-state index contributed by atoms with van der Waals surface area (Å²) in [6, 6.07) is 17.4. The highest BCUT2D eigenvalue weighted by atomic mass is 19.1. The first kappa shape index (κ1) is 17.5. The fourth-order valence-corrected chi connectivity index (χ4v) is 3.43. The first-order valence-corrected chi connectivity index (χ1v) is 8.71. The van der Waals surface area contributed by atoms with E-state index < -0.39 is 23.9 Å². The highest BCUT2D eigenvalue weighted by Crippen LogP contribution is 2.45. The van der Waals surface area contributed by atoms with Crippen LogP contribution in [0.1, 0.15) is 24.0 Å². The van der Waals surface area contributed by atoms with E-state index in [9.17, 15) is 8.78 Å². The van der Waals surface area contributed by atoms with Gasteiger partial charge in [0.25, 0.3) is 11.6 Å². The summed E-state index contributed by atoms with van der Waals surface area (Å²) in [6.45, 7) is 0.356. The van der Waals surface area contributed by atoms with Gasteiger partial charge >= 0.3 is 0 Å². The van der Waals surface area contributed by atoms with Crippen LogP contribution in [0.25, 0.3) is 0 Å². The lowest BCUT2D eigenvalue weighted by atomic mass is 10.0. The van der Waals surface area contributed by atoms with Crippen molar-refractivity contribution in [2.45, 2.75) is 36.8 Å². The Labute approximate surface area is 150 Å². The Morgan fingerprint density at radius 2 is 1.08 bits per heavy atom. The highest BCUT2D eigenvalue weighted by Gasteiger charge is 2.55. The van der Waals surface area contributed by atoms with Crippen LogP contribution >= 0.6 is 0 Å². The number of benzene rings is 2. The summed E-state index contributed by atoms with van der Waals surface area (Å²) in [6.07, 6.45) is -2.57. The molecule has 2 saturated heterocycles. The normalized spacial score (nSPS) is 34.2. The molecule has 2 aromatic rings. The van der Waals surface area contributed by atoms with Crippen molar-refractivity contribution < 1.29 is 28.0 Å². The van der Waals surface area contributed by atoms with Crippen LogP contribution in [0, 0.1) is 0 Å². The smallest absolute Gasteiger partial charge is 0.259 e. The minimum Gasteiger partial charge on any atom is -0.341 e. The molecule has 4 rings (SSSR count). The first-order valence-electron chi connectivity index (χ1n) is 8.71. The van der Waals surface area contributed by atoms with Crippen molar-refractivity contribution in [3.63, 3.8) is 0 Å². The molecule has 0 aromatic heterocycles. The van der Waals surface area contributed by atoms with E-state index in [1.165, 1.54) is 0 Å². The van der Waals surface area contributed by atoms with Crippen molar-refractivity contribution in [3.05, 3.63) is 71.8 Å². The lowest BCUT2D eigenvalue weighted by Crippen LogP contribution is -2.44. The van der Waals surface area contributed by atoms with Crippen LogP contribution in [0.5, 0.6) is 0 Å². The summed E-state index contributed by atoms with van der Waals surface area (Å²) in [5.41, 5.74) is 0.947. The van der Waals surface area contributed by atoms with Crippen LogP contribution in [0.2, 0.25) is 0 Å². The molecule has 4 atom stereocenters. The molecule has 6 heteroatoms. The summed E-state index contributed by atoms with van der Waals surface area (Å²) in [4.78, 5) is 11.1. The Morgan fingerprint density at radius 3 is 1.38 bits per heavy atom. The number of halogens is 2. The van der Waals surface area contributed by atoms with Gasteiger partial charge in [-0.3, -0.25) is 0 Å². The molecule has 2 aromatic carbocycles. The van der Waals surface area contributed by atoms with E-state index in [1.807, 2.05) is 12.1 Å². The van der Waals surface area contributed by atoms with Crippen LogP contribution < -0.4 is 0 Å². The minimum absolute atomic E-state index is 0.163. The molecule has 0 bridgehead atoms. The molecule has 26 heavy (non-hydrogen) atoms. The zero-order valence-corrected chi connectivity index (χ0v) is 14.1. The van der Waals surface area contributed by atoms with Gasteiger partial charge in [0.2, 0.25) is 0 Å². The van der Waals surface area contributed by atoms with Gasteiger partial charge in [0, 0.05) is 24.0 Å². The van der Waals surface area contributed by atoms with Gasteiger partial charge in [0.1, 0.15) is 0 Å². The highest BCUT2D eigenvalue weighted by molar-refractivity contribution is 5.24. The molecule has 2 aliphatic heterocycles. The van der Waals surface area contributed by atoms with Gasteiger partial charge in [0.15, 0.2) is 12.3 Å². The van der Waals surface area contributed by atoms with E-state index in [0.29, 0.717) is 11.1 Å². The predicted molar refractivity (Wildman–Crippen MR) is 89.3 cm³/mol.